The highest BCUT2D eigenvalue weighted by Crippen LogP contribution is 2.33. The summed E-state index contributed by atoms with van der Waals surface area (Å²) in [5, 5.41) is 13.9. The molecule has 2 amide bonds. The fraction of sp³-hybridized carbons (Fsp3) is 0.107. The number of hydrogen-bond donors (Lipinski definition) is 3. The summed E-state index contributed by atoms with van der Waals surface area (Å²) >= 11 is 1.33. The number of hydrogen-bond acceptors (Lipinski definition) is 9. The average molecular weight is 545 g/mol. The molecule has 4 rings (SSSR count). The summed E-state index contributed by atoms with van der Waals surface area (Å²) in [6, 6.07) is 17.8. The van der Waals surface area contributed by atoms with Gasteiger partial charge in [0, 0.05) is 28.6 Å². The van der Waals surface area contributed by atoms with E-state index in [0.29, 0.717) is 32.3 Å². The number of benzene rings is 2. The van der Waals surface area contributed by atoms with Crippen LogP contribution in [0.4, 0.5) is 10.5 Å². The minimum absolute atomic E-state index is 0.0940. The maximum atomic E-state index is 12.7. The number of ether oxygens (including phenoxy) is 1. The van der Waals surface area contributed by atoms with Gasteiger partial charge in [-0.15, -0.1) is 0 Å². The highest BCUT2D eigenvalue weighted by molar-refractivity contribution is 7.99. The van der Waals surface area contributed by atoms with E-state index >= 15 is 0 Å². The zero-order valence-electron chi connectivity index (χ0n) is 21.0. The Bertz CT molecular complexity index is 1590. The van der Waals surface area contributed by atoms with Gasteiger partial charge >= 0.3 is 11.9 Å². The van der Waals surface area contributed by atoms with E-state index in [1.54, 1.807) is 67.9 Å². The molecule has 0 spiro atoms. The molecule has 0 fully saturated rings. The second kappa shape index (κ2) is 12.6. The van der Waals surface area contributed by atoms with Crippen molar-refractivity contribution in [1.82, 2.24) is 10.3 Å². The predicted molar refractivity (Wildman–Crippen MR) is 146 cm³/mol. The third kappa shape index (κ3) is 7.11. The van der Waals surface area contributed by atoms with Crippen molar-refractivity contribution in [2.24, 2.45) is 0 Å². The van der Waals surface area contributed by atoms with Gasteiger partial charge in [-0.3, -0.25) is 15.1 Å². The second-order valence-electron chi connectivity index (χ2n) is 8.02. The van der Waals surface area contributed by atoms with E-state index in [2.05, 4.69) is 15.6 Å². The van der Waals surface area contributed by atoms with Crippen molar-refractivity contribution in [1.29, 1.82) is 5.41 Å². The number of anilines is 1. The van der Waals surface area contributed by atoms with Crippen LogP contribution >= 0.6 is 11.8 Å². The summed E-state index contributed by atoms with van der Waals surface area (Å²) in [5.74, 6) is -0.803. The van der Waals surface area contributed by atoms with Crippen molar-refractivity contribution in [2.45, 2.75) is 23.3 Å². The topological polar surface area (TPSA) is 148 Å². The number of nitrogens with zero attached hydrogens (tertiary/aromatic N) is 1. The molecule has 10 nitrogen and oxygen atoms in total. The van der Waals surface area contributed by atoms with Gasteiger partial charge in [-0.1, -0.05) is 30.0 Å². The first-order valence-corrected chi connectivity index (χ1v) is 12.5. The normalized spacial score (nSPS) is 10.8. The molecule has 0 saturated carbocycles. The smallest absolute Gasteiger partial charge is 0.441 e. The molecule has 3 N–H and O–H groups in total. The van der Waals surface area contributed by atoms with Crippen molar-refractivity contribution in [3.63, 3.8) is 0 Å². The first-order valence-electron chi connectivity index (χ1n) is 11.7. The molecule has 2 heterocycles. The summed E-state index contributed by atoms with van der Waals surface area (Å²) in [6.07, 6.45) is 4.09. The lowest BCUT2D eigenvalue weighted by Crippen LogP contribution is -2.18. The fourth-order valence-corrected chi connectivity index (χ4v) is 4.43. The van der Waals surface area contributed by atoms with E-state index in [1.165, 1.54) is 18.7 Å². The Morgan fingerprint density at radius 1 is 1.08 bits per heavy atom. The van der Waals surface area contributed by atoms with Crippen LogP contribution in [0.3, 0.4) is 0 Å². The zero-order chi connectivity index (χ0) is 27.8. The number of pyridine rings is 1. The molecule has 0 radical (unpaired) electrons. The molecule has 39 heavy (non-hydrogen) atoms. The summed E-state index contributed by atoms with van der Waals surface area (Å²) in [6.45, 7) is 1.20. The molecule has 11 heteroatoms. The SMILES string of the molecule is CNC(=O)c1ccccc1Sc1ccc(C(=N)/C=C/c2ccccn2)c(NC(=O)OCc2oc(=O)oc2C)c1. The molecular weight excluding hydrogens is 520 g/mol. The number of rotatable bonds is 9. The number of amides is 2. The van der Waals surface area contributed by atoms with Gasteiger partial charge in [0.25, 0.3) is 5.91 Å². The molecule has 0 aliphatic carbocycles. The molecule has 0 atom stereocenters. The van der Waals surface area contributed by atoms with E-state index in [9.17, 15) is 14.4 Å². The molecule has 4 aromatic rings. The largest absolute Gasteiger partial charge is 0.519 e. The third-order valence-corrected chi connectivity index (χ3v) is 6.45. The van der Waals surface area contributed by atoms with Crippen molar-refractivity contribution < 1.29 is 23.2 Å². The van der Waals surface area contributed by atoms with Crippen LogP contribution in [0, 0.1) is 12.3 Å². The summed E-state index contributed by atoms with van der Waals surface area (Å²) in [4.78, 5) is 41.9. The van der Waals surface area contributed by atoms with E-state index in [-0.39, 0.29) is 29.7 Å². The average Bonchev–Trinajstić information content (AvgIpc) is 3.27. The van der Waals surface area contributed by atoms with E-state index in [4.69, 9.17) is 19.0 Å². The molecular formula is C28H24N4O6S. The van der Waals surface area contributed by atoms with Crippen LogP contribution < -0.4 is 16.5 Å². The highest BCUT2D eigenvalue weighted by Gasteiger charge is 2.16. The molecule has 2 aromatic carbocycles. The number of allylic oxidation sites excluding steroid dienone is 1. The number of aryl methyl sites for hydroxylation is 1. The summed E-state index contributed by atoms with van der Waals surface area (Å²) in [7, 11) is 1.56. The van der Waals surface area contributed by atoms with Crippen molar-refractivity contribution >= 4 is 41.2 Å². The van der Waals surface area contributed by atoms with E-state index in [1.807, 2.05) is 18.2 Å². The Labute approximate surface area is 227 Å². The fourth-order valence-electron chi connectivity index (χ4n) is 3.45. The van der Waals surface area contributed by atoms with Gasteiger partial charge < -0.3 is 24.3 Å². The Morgan fingerprint density at radius 3 is 2.59 bits per heavy atom. The lowest BCUT2D eigenvalue weighted by Gasteiger charge is -2.14. The maximum Gasteiger partial charge on any atom is 0.519 e. The first kappa shape index (κ1) is 27.1. The van der Waals surface area contributed by atoms with Gasteiger partial charge in [-0.25, -0.2) is 9.59 Å². The van der Waals surface area contributed by atoms with Gasteiger partial charge in [0.15, 0.2) is 18.1 Å². The van der Waals surface area contributed by atoms with Gasteiger partial charge in [0.05, 0.1) is 22.7 Å². The van der Waals surface area contributed by atoms with Crippen LogP contribution in [0.2, 0.25) is 0 Å². The van der Waals surface area contributed by atoms with Gasteiger partial charge in [-0.2, -0.15) is 0 Å². The highest BCUT2D eigenvalue weighted by atomic mass is 32.2. The molecule has 0 aliphatic heterocycles. The van der Waals surface area contributed by atoms with Crippen LogP contribution in [0.1, 0.15) is 33.1 Å². The monoisotopic (exact) mass is 544 g/mol. The third-order valence-electron chi connectivity index (χ3n) is 5.38. The number of carbonyl (C=O) groups is 2. The lowest BCUT2D eigenvalue weighted by molar-refractivity contribution is 0.0960. The van der Waals surface area contributed by atoms with Crippen LogP contribution in [-0.2, 0) is 11.3 Å². The summed E-state index contributed by atoms with van der Waals surface area (Å²) < 4.78 is 14.9. The Morgan fingerprint density at radius 2 is 1.87 bits per heavy atom. The second-order valence-corrected chi connectivity index (χ2v) is 9.14. The zero-order valence-corrected chi connectivity index (χ0v) is 21.8. The number of carbonyl (C=O) groups excluding carboxylic acids is 2. The van der Waals surface area contributed by atoms with Crippen LogP contribution in [-0.4, -0.2) is 29.7 Å². The summed E-state index contributed by atoms with van der Waals surface area (Å²) in [5.41, 5.74) is 2.03. The lowest BCUT2D eigenvalue weighted by atomic mass is 10.1. The number of aromatic nitrogens is 1. The quantitative estimate of drug-likeness (QED) is 0.241. The molecule has 0 unspecified atom stereocenters. The van der Waals surface area contributed by atoms with Crippen molar-refractivity contribution in [3.8, 4) is 0 Å². The molecule has 0 aliphatic rings. The van der Waals surface area contributed by atoms with E-state index in [0.717, 1.165) is 0 Å². The Kier molecular flexibility index (Phi) is 8.75. The van der Waals surface area contributed by atoms with Gasteiger partial charge in [0.2, 0.25) is 0 Å². The predicted octanol–water partition coefficient (Wildman–Crippen LogP) is 5.28. The molecule has 198 valence electrons. The molecule has 0 saturated heterocycles. The minimum atomic E-state index is -0.885. The molecule has 2 aromatic heterocycles. The Hall–Kier alpha value is -4.90. The standard InChI is InChI=1S/C28H24N4O6S/c1-17-24(38-28(35)37-17)16-36-27(34)32-23-15-19(39-25-9-4-3-8-21(25)26(33)30-2)11-12-20(23)22(29)13-10-18-7-5-6-14-31-18/h3-15,29H,16H2,1-2H3,(H,30,33)(H,32,34)/b13-10+,29-22?. The minimum Gasteiger partial charge on any atom is -0.441 e. The Balaban J connectivity index is 1.60. The maximum absolute atomic E-state index is 12.7. The van der Waals surface area contributed by atoms with Crippen molar-refractivity contribution in [2.75, 3.05) is 12.4 Å². The first-order chi connectivity index (χ1) is 18.8. The van der Waals surface area contributed by atoms with Crippen LogP contribution in [0.5, 0.6) is 0 Å². The molecule has 0 bridgehead atoms. The number of nitrogens with one attached hydrogen (secondary N) is 3. The van der Waals surface area contributed by atoms with Gasteiger partial charge in [-0.05, 0) is 61.5 Å². The van der Waals surface area contributed by atoms with Crippen LogP contribution in [0.15, 0.2) is 96.4 Å². The van der Waals surface area contributed by atoms with E-state index < -0.39 is 11.9 Å². The van der Waals surface area contributed by atoms with Gasteiger partial charge in [0.1, 0.15) is 0 Å². The van der Waals surface area contributed by atoms with Crippen molar-refractivity contribution in [3.05, 3.63) is 112 Å². The van der Waals surface area contributed by atoms with Crippen LogP contribution in [0.25, 0.3) is 6.08 Å².